The van der Waals surface area contributed by atoms with Crippen LogP contribution in [0.2, 0.25) is 0 Å². The van der Waals surface area contributed by atoms with Crippen LogP contribution in [-0.4, -0.2) is 51.8 Å². The van der Waals surface area contributed by atoms with Crippen molar-refractivity contribution in [3.05, 3.63) is 77.1 Å². The minimum Gasteiger partial charge on any atom is -0.393 e. The van der Waals surface area contributed by atoms with Crippen LogP contribution in [0.25, 0.3) is 0 Å². The monoisotopic (exact) mass is 539 g/mol. The number of benzene rings is 1. The van der Waals surface area contributed by atoms with Crippen LogP contribution < -0.4 is 5.14 Å². The van der Waals surface area contributed by atoms with Crippen molar-refractivity contribution in [3.8, 4) is 0 Å². The van der Waals surface area contributed by atoms with Gasteiger partial charge in [0, 0.05) is 18.3 Å². The molecule has 0 radical (unpaired) electrons. The van der Waals surface area contributed by atoms with Crippen LogP contribution in [0.4, 0.5) is 13.2 Å². The normalized spacial score (nSPS) is 20.3. The lowest BCUT2D eigenvalue weighted by Gasteiger charge is -2.13. The Balaban J connectivity index is 1.45. The fraction of sp³-hybridized carbons (Fsp3) is 0.391. The summed E-state index contributed by atoms with van der Waals surface area (Å²) in [5.41, 5.74) is 0.341. The maximum atomic E-state index is 13.2. The summed E-state index contributed by atoms with van der Waals surface area (Å²) in [4.78, 5) is 21.3. The molecule has 3 N–H and O–H groups in total. The van der Waals surface area contributed by atoms with Crippen LogP contribution in [0.1, 0.15) is 45.7 Å². The van der Waals surface area contributed by atoms with Gasteiger partial charge in [-0.25, -0.2) is 15.1 Å². The minimum absolute atomic E-state index is 0.0390. The number of alkyl halides is 3. The number of nitrogens with zero attached hydrogens (tertiary/aromatic N) is 4. The van der Waals surface area contributed by atoms with E-state index in [0.717, 1.165) is 12.1 Å². The van der Waals surface area contributed by atoms with Gasteiger partial charge in [-0.05, 0) is 48.9 Å². The molecule has 0 amide bonds. The van der Waals surface area contributed by atoms with E-state index in [1.54, 1.807) is 6.07 Å². The summed E-state index contributed by atoms with van der Waals surface area (Å²) in [6.45, 7) is -0.202. The molecule has 2 aromatic heterocycles. The van der Waals surface area contributed by atoms with Gasteiger partial charge in [0.1, 0.15) is 12.0 Å². The molecule has 1 fully saturated rings. The van der Waals surface area contributed by atoms with Gasteiger partial charge in [0.2, 0.25) is 5.78 Å². The lowest BCUT2D eigenvalue weighted by molar-refractivity contribution is -0.137. The van der Waals surface area contributed by atoms with E-state index < -0.39 is 39.8 Å². The van der Waals surface area contributed by atoms with Gasteiger partial charge in [-0.2, -0.15) is 26.7 Å². The van der Waals surface area contributed by atoms with Crippen molar-refractivity contribution >= 4 is 16.1 Å². The molecule has 0 bridgehead atoms. The average Bonchev–Trinajstić information content (AvgIpc) is 3.43. The lowest BCUT2D eigenvalue weighted by atomic mass is 9.96. The van der Waals surface area contributed by atoms with Crippen molar-refractivity contribution in [1.29, 1.82) is 0 Å². The molecule has 14 heteroatoms. The molecule has 0 saturated heterocycles. The molecule has 1 saturated carbocycles. The van der Waals surface area contributed by atoms with E-state index >= 15 is 0 Å². The Morgan fingerprint density at radius 2 is 2.03 bits per heavy atom. The highest BCUT2D eigenvalue weighted by Crippen LogP contribution is 2.34. The molecule has 10 nitrogen and oxygen atoms in total. The first-order valence-electron chi connectivity index (χ1n) is 11.3. The van der Waals surface area contributed by atoms with Crippen molar-refractivity contribution in [2.75, 3.05) is 6.61 Å². The number of aliphatic hydroxyl groups is 1. The highest BCUT2D eigenvalue weighted by atomic mass is 32.2. The molecule has 0 spiro atoms. The minimum atomic E-state index is -4.46. The molecule has 2 heterocycles. The molecule has 1 aromatic carbocycles. The predicted octanol–water partition coefficient (Wildman–Crippen LogP) is 2.12. The highest BCUT2D eigenvalue weighted by molar-refractivity contribution is 7.84. The topological polar surface area (TPSA) is 150 Å². The second kappa shape index (κ2) is 10.7. The Labute approximate surface area is 210 Å². The molecule has 3 aromatic rings. The average molecular weight is 540 g/mol. The first kappa shape index (κ1) is 26.9. The van der Waals surface area contributed by atoms with Gasteiger partial charge in [0.25, 0.3) is 0 Å². The van der Waals surface area contributed by atoms with Crippen LogP contribution in [0.3, 0.4) is 0 Å². The standard InChI is InChI=1S/C23H24F3N5O5S/c24-23(25,26)17-3-1-2-14(7-17)11-31-5-4-19(30-31)22(33)18-10-28-13-29-20(18)8-15-6-16(21(32)9-15)12-36-37(27,34)35/h1-5,7,10,13,15-16,21,32H,6,8-9,11-12H2,(H2,27,34,35)/t15-,16+,21-/m0/s1. The molecule has 198 valence electrons. The second-order valence-corrected chi connectivity index (χ2v) is 10.2. The molecular formula is C23H24F3N5O5S. The van der Waals surface area contributed by atoms with E-state index in [-0.39, 0.29) is 30.3 Å². The van der Waals surface area contributed by atoms with E-state index in [0.29, 0.717) is 30.5 Å². The zero-order chi connectivity index (χ0) is 26.8. The summed E-state index contributed by atoms with van der Waals surface area (Å²) in [6, 6.07) is 6.33. The number of rotatable bonds is 9. The maximum absolute atomic E-state index is 13.2. The van der Waals surface area contributed by atoms with Crippen molar-refractivity contribution in [1.82, 2.24) is 19.7 Å². The second-order valence-electron chi connectivity index (χ2n) is 8.96. The van der Waals surface area contributed by atoms with Gasteiger partial charge < -0.3 is 5.11 Å². The smallest absolute Gasteiger partial charge is 0.393 e. The summed E-state index contributed by atoms with van der Waals surface area (Å²) < 4.78 is 67.0. The van der Waals surface area contributed by atoms with E-state index in [1.165, 1.54) is 35.5 Å². The van der Waals surface area contributed by atoms with Gasteiger partial charge in [0.05, 0.1) is 36.1 Å². The van der Waals surface area contributed by atoms with Crippen LogP contribution in [0, 0.1) is 11.8 Å². The Bertz CT molecular complexity index is 1380. The lowest BCUT2D eigenvalue weighted by Crippen LogP contribution is -2.24. The summed E-state index contributed by atoms with van der Waals surface area (Å²) in [5, 5.41) is 19.4. The molecule has 3 atom stereocenters. The van der Waals surface area contributed by atoms with E-state index in [1.807, 2.05) is 0 Å². The fourth-order valence-electron chi connectivity index (χ4n) is 4.47. The Morgan fingerprint density at radius 1 is 1.24 bits per heavy atom. The summed E-state index contributed by atoms with van der Waals surface area (Å²) >= 11 is 0. The number of carbonyl (C=O) groups excluding carboxylic acids is 1. The molecule has 4 rings (SSSR count). The summed E-state index contributed by atoms with van der Waals surface area (Å²) in [6.07, 6.45) is 0.0449. The summed E-state index contributed by atoms with van der Waals surface area (Å²) in [5.74, 6) is -0.981. The van der Waals surface area contributed by atoms with Gasteiger partial charge in [-0.3, -0.25) is 13.7 Å². The van der Waals surface area contributed by atoms with Crippen molar-refractivity contribution in [3.63, 3.8) is 0 Å². The number of ketones is 1. The number of aromatic nitrogens is 4. The molecule has 1 aliphatic carbocycles. The van der Waals surface area contributed by atoms with Crippen molar-refractivity contribution in [2.24, 2.45) is 17.0 Å². The number of hydrogen-bond donors (Lipinski definition) is 2. The Kier molecular flexibility index (Phi) is 7.73. The van der Waals surface area contributed by atoms with Crippen molar-refractivity contribution < 1.29 is 35.7 Å². The first-order valence-corrected chi connectivity index (χ1v) is 12.7. The molecule has 37 heavy (non-hydrogen) atoms. The third-order valence-corrected chi connectivity index (χ3v) is 6.66. The van der Waals surface area contributed by atoms with Gasteiger partial charge in [-0.15, -0.1) is 0 Å². The number of carbonyl (C=O) groups is 1. The fourth-order valence-corrected chi connectivity index (χ4v) is 4.83. The summed E-state index contributed by atoms with van der Waals surface area (Å²) in [7, 11) is -4.12. The van der Waals surface area contributed by atoms with Crippen molar-refractivity contribution in [2.45, 2.75) is 38.1 Å². The van der Waals surface area contributed by atoms with Crippen LogP contribution in [-0.2, 0) is 33.6 Å². The molecular weight excluding hydrogens is 515 g/mol. The van der Waals surface area contributed by atoms with Gasteiger partial charge in [0.15, 0.2) is 0 Å². The van der Waals surface area contributed by atoms with Crippen LogP contribution >= 0.6 is 0 Å². The zero-order valence-corrected chi connectivity index (χ0v) is 20.2. The van der Waals surface area contributed by atoms with E-state index in [2.05, 4.69) is 19.2 Å². The van der Waals surface area contributed by atoms with E-state index in [4.69, 9.17) is 5.14 Å². The molecule has 0 aliphatic heterocycles. The number of aliphatic hydroxyl groups excluding tert-OH is 1. The molecule has 0 unspecified atom stereocenters. The van der Waals surface area contributed by atoms with Gasteiger partial charge >= 0.3 is 16.5 Å². The first-order chi connectivity index (χ1) is 17.4. The van der Waals surface area contributed by atoms with Gasteiger partial charge in [-0.1, -0.05) is 12.1 Å². The number of hydrogen-bond acceptors (Lipinski definition) is 8. The van der Waals surface area contributed by atoms with E-state index in [9.17, 15) is 31.5 Å². The number of halogens is 3. The zero-order valence-electron chi connectivity index (χ0n) is 19.4. The van der Waals surface area contributed by atoms with Crippen LogP contribution in [0.15, 0.2) is 49.1 Å². The van der Waals surface area contributed by atoms with Crippen LogP contribution in [0.5, 0.6) is 0 Å². The third-order valence-electron chi connectivity index (χ3n) is 6.20. The largest absolute Gasteiger partial charge is 0.416 e. The third kappa shape index (κ3) is 6.97. The predicted molar refractivity (Wildman–Crippen MR) is 123 cm³/mol. The Morgan fingerprint density at radius 3 is 2.76 bits per heavy atom. The SMILES string of the molecule is NS(=O)(=O)OC[C@H]1C[C@@H](Cc2ncncc2C(=O)c2ccn(Cc3cccc(C(F)(F)F)c3)n2)C[C@@H]1O. The Hall–Kier alpha value is -3.20. The quantitative estimate of drug-likeness (QED) is 0.393. The molecule has 1 aliphatic rings. The number of nitrogens with two attached hydrogens (primary N) is 1. The maximum Gasteiger partial charge on any atom is 0.416 e. The highest BCUT2D eigenvalue weighted by Gasteiger charge is 2.35.